The van der Waals surface area contributed by atoms with Crippen LogP contribution >= 0.6 is 0 Å². The van der Waals surface area contributed by atoms with Crippen LogP contribution in [0.5, 0.6) is 0 Å². The van der Waals surface area contributed by atoms with Gasteiger partial charge in [0.05, 0.1) is 5.69 Å². The van der Waals surface area contributed by atoms with E-state index in [4.69, 9.17) is 4.42 Å². The highest BCUT2D eigenvalue weighted by atomic mass is 16.3. The number of fused-ring (bicyclic) bond motifs is 1. The summed E-state index contributed by atoms with van der Waals surface area (Å²) in [6.45, 7) is 1.86. The van der Waals surface area contributed by atoms with Gasteiger partial charge in [0.2, 0.25) is 5.89 Å². The van der Waals surface area contributed by atoms with E-state index < -0.39 is 0 Å². The summed E-state index contributed by atoms with van der Waals surface area (Å²) in [5, 5.41) is 3.01. The van der Waals surface area contributed by atoms with Gasteiger partial charge in [-0.05, 0) is 42.8 Å². The summed E-state index contributed by atoms with van der Waals surface area (Å²) in [5.41, 5.74) is 4.18. The van der Waals surface area contributed by atoms with Crippen LogP contribution in [0.1, 0.15) is 17.1 Å². The number of H-pyrrole nitrogens is 1. The third kappa shape index (κ3) is 2.67. The van der Waals surface area contributed by atoms with E-state index in [1.54, 1.807) is 6.07 Å². The first-order valence-electron chi connectivity index (χ1n) is 7.62. The number of hydrogen-bond acceptors (Lipinski definition) is 3. The molecule has 0 unspecified atom stereocenters. The lowest BCUT2D eigenvalue weighted by atomic mass is 10.2. The second-order valence-electron chi connectivity index (χ2n) is 5.56. The Morgan fingerprint density at radius 1 is 1.08 bits per heavy atom. The maximum atomic E-state index is 11.8. The Morgan fingerprint density at radius 2 is 1.88 bits per heavy atom. The number of nitrogens with one attached hydrogen (secondary N) is 1. The van der Waals surface area contributed by atoms with Crippen molar-refractivity contribution in [1.29, 1.82) is 0 Å². The van der Waals surface area contributed by atoms with E-state index in [1.807, 2.05) is 67.6 Å². The molecular formula is C19H15N3O2. The second kappa shape index (κ2) is 5.70. The van der Waals surface area contributed by atoms with Crippen molar-refractivity contribution in [1.82, 2.24) is 14.8 Å². The van der Waals surface area contributed by atoms with Gasteiger partial charge in [-0.25, -0.2) is 9.67 Å². The molecule has 0 spiro atoms. The number of para-hydroxylation sites is 2. The van der Waals surface area contributed by atoms with Crippen LogP contribution in [0.4, 0.5) is 0 Å². The molecule has 0 amide bonds. The highest BCUT2D eigenvalue weighted by molar-refractivity contribution is 5.75. The molecule has 2 heterocycles. The topological polar surface area (TPSA) is 63.8 Å². The van der Waals surface area contributed by atoms with Crippen molar-refractivity contribution in [2.24, 2.45) is 0 Å². The molecule has 0 aliphatic heterocycles. The Morgan fingerprint density at radius 3 is 2.58 bits per heavy atom. The third-order valence-corrected chi connectivity index (χ3v) is 3.73. The summed E-state index contributed by atoms with van der Waals surface area (Å²) in [4.78, 5) is 16.2. The number of aromatic nitrogens is 3. The molecule has 5 heteroatoms. The Labute approximate surface area is 137 Å². The Hall–Kier alpha value is -3.34. The molecule has 0 radical (unpaired) electrons. The fourth-order valence-corrected chi connectivity index (χ4v) is 2.57. The first-order chi connectivity index (χ1) is 11.7. The van der Waals surface area contributed by atoms with E-state index in [0.717, 1.165) is 28.0 Å². The average Bonchev–Trinajstić information content (AvgIpc) is 3.15. The van der Waals surface area contributed by atoms with E-state index >= 15 is 0 Å². The van der Waals surface area contributed by atoms with Crippen molar-refractivity contribution >= 4 is 23.3 Å². The maximum absolute atomic E-state index is 11.8. The van der Waals surface area contributed by atoms with Crippen LogP contribution in [0.15, 0.2) is 63.8 Å². The molecule has 118 valence electrons. The van der Waals surface area contributed by atoms with Crippen molar-refractivity contribution in [3.05, 3.63) is 82.1 Å². The summed E-state index contributed by atoms with van der Waals surface area (Å²) < 4.78 is 7.17. The zero-order valence-corrected chi connectivity index (χ0v) is 13.1. The predicted octanol–water partition coefficient (Wildman–Crippen LogP) is 3.79. The Balaban J connectivity index is 1.58. The monoisotopic (exact) mass is 317 g/mol. The number of oxazole rings is 1. The van der Waals surface area contributed by atoms with Crippen LogP contribution in [-0.4, -0.2) is 14.8 Å². The minimum absolute atomic E-state index is 0.0673. The van der Waals surface area contributed by atoms with Crippen LogP contribution in [0.2, 0.25) is 0 Å². The first-order valence-corrected chi connectivity index (χ1v) is 7.62. The van der Waals surface area contributed by atoms with Crippen LogP contribution < -0.4 is 5.56 Å². The molecule has 0 fully saturated rings. The van der Waals surface area contributed by atoms with Gasteiger partial charge in [-0.15, -0.1) is 0 Å². The van der Waals surface area contributed by atoms with E-state index in [0.29, 0.717) is 5.89 Å². The molecule has 1 N–H and O–H groups in total. The largest absolute Gasteiger partial charge is 0.437 e. The van der Waals surface area contributed by atoms with Gasteiger partial charge in [0.1, 0.15) is 5.52 Å². The molecule has 24 heavy (non-hydrogen) atoms. The minimum atomic E-state index is -0.0673. The van der Waals surface area contributed by atoms with Crippen molar-refractivity contribution < 1.29 is 4.42 Å². The van der Waals surface area contributed by atoms with Gasteiger partial charge in [0, 0.05) is 17.8 Å². The fraction of sp³-hybridized carbons (Fsp3) is 0.0526. The number of rotatable bonds is 3. The van der Waals surface area contributed by atoms with Crippen LogP contribution in [0.25, 0.3) is 28.9 Å². The standard InChI is InChI=1S/C19H15N3O2/c1-13-12-19(23)22(21-13)15-9-6-14(7-10-15)8-11-18-20-16-4-2-3-5-17(16)24-18/h2-12,21H,1H3. The predicted molar refractivity (Wildman–Crippen MR) is 94.1 cm³/mol. The fourth-order valence-electron chi connectivity index (χ4n) is 2.57. The first kappa shape index (κ1) is 14.3. The summed E-state index contributed by atoms with van der Waals surface area (Å²) in [7, 11) is 0. The van der Waals surface area contributed by atoms with E-state index in [-0.39, 0.29) is 5.56 Å². The lowest BCUT2D eigenvalue weighted by Crippen LogP contribution is -2.13. The van der Waals surface area contributed by atoms with E-state index in [2.05, 4.69) is 10.1 Å². The lowest BCUT2D eigenvalue weighted by molar-refractivity contribution is 0.590. The average molecular weight is 317 g/mol. The molecule has 0 aliphatic carbocycles. The van der Waals surface area contributed by atoms with Crippen molar-refractivity contribution in [2.75, 3.05) is 0 Å². The van der Waals surface area contributed by atoms with Crippen LogP contribution in [-0.2, 0) is 0 Å². The van der Waals surface area contributed by atoms with Gasteiger partial charge < -0.3 is 4.42 Å². The SMILES string of the molecule is Cc1cc(=O)n(-c2ccc(C=Cc3nc4ccccc4o3)cc2)[nH]1. The number of aromatic amines is 1. The summed E-state index contributed by atoms with van der Waals surface area (Å²) in [6.07, 6.45) is 3.76. The highest BCUT2D eigenvalue weighted by Gasteiger charge is 2.03. The van der Waals surface area contributed by atoms with Gasteiger partial charge in [-0.3, -0.25) is 9.89 Å². The van der Waals surface area contributed by atoms with Gasteiger partial charge in [-0.1, -0.05) is 24.3 Å². The lowest BCUT2D eigenvalue weighted by Gasteiger charge is -2.02. The number of benzene rings is 2. The molecule has 4 aromatic rings. The molecular weight excluding hydrogens is 302 g/mol. The molecule has 0 aliphatic rings. The van der Waals surface area contributed by atoms with Gasteiger partial charge >= 0.3 is 0 Å². The number of hydrogen-bond donors (Lipinski definition) is 1. The number of aryl methyl sites for hydroxylation is 1. The second-order valence-corrected chi connectivity index (χ2v) is 5.56. The Kier molecular flexibility index (Phi) is 3.39. The quantitative estimate of drug-likeness (QED) is 0.625. The third-order valence-electron chi connectivity index (χ3n) is 3.73. The molecule has 0 saturated carbocycles. The van der Waals surface area contributed by atoms with Crippen molar-refractivity contribution in [3.63, 3.8) is 0 Å². The molecule has 4 rings (SSSR count). The molecule has 0 saturated heterocycles. The van der Waals surface area contributed by atoms with Crippen molar-refractivity contribution in [3.8, 4) is 5.69 Å². The summed E-state index contributed by atoms with van der Waals surface area (Å²) >= 11 is 0. The van der Waals surface area contributed by atoms with Gasteiger partial charge in [-0.2, -0.15) is 0 Å². The zero-order chi connectivity index (χ0) is 16.5. The number of nitrogens with zero attached hydrogens (tertiary/aromatic N) is 2. The van der Waals surface area contributed by atoms with Crippen molar-refractivity contribution in [2.45, 2.75) is 6.92 Å². The maximum Gasteiger partial charge on any atom is 0.271 e. The van der Waals surface area contributed by atoms with Crippen LogP contribution in [0.3, 0.4) is 0 Å². The van der Waals surface area contributed by atoms with Crippen LogP contribution in [0, 0.1) is 6.92 Å². The molecule has 0 atom stereocenters. The molecule has 2 aromatic heterocycles. The van der Waals surface area contributed by atoms with Gasteiger partial charge in [0.15, 0.2) is 5.58 Å². The van der Waals surface area contributed by atoms with E-state index in [1.165, 1.54) is 4.68 Å². The summed E-state index contributed by atoms with van der Waals surface area (Å²) in [6, 6.07) is 16.9. The highest BCUT2D eigenvalue weighted by Crippen LogP contribution is 2.17. The zero-order valence-electron chi connectivity index (χ0n) is 13.1. The Bertz CT molecular complexity index is 1050. The minimum Gasteiger partial charge on any atom is -0.437 e. The molecule has 2 aromatic carbocycles. The van der Waals surface area contributed by atoms with E-state index in [9.17, 15) is 4.79 Å². The normalized spacial score (nSPS) is 11.5. The van der Waals surface area contributed by atoms with Gasteiger partial charge in [0.25, 0.3) is 5.56 Å². The molecule has 5 nitrogen and oxygen atoms in total. The smallest absolute Gasteiger partial charge is 0.271 e. The summed E-state index contributed by atoms with van der Waals surface area (Å²) in [5.74, 6) is 0.566. The molecule has 0 bridgehead atoms.